The van der Waals surface area contributed by atoms with E-state index >= 15 is 0 Å². The van der Waals surface area contributed by atoms with Gasteiger partial charge in [0, 0.05) is 26.3 Å². The van der Waals surface area contributed by atoms with Crippen molar-refractivity contribution in [3.8, 4) is 0 Å². The molecule has 1 saturated heterocycles. The number of ether oxygens (including phenoxy) is 1. The van der Waals surface area contributed by atoms with Crippen molar-refractivity contribution in [1.29, 1.82) is 0 Å². The predicted molar refractivity (Wildman–Crippen MR) is 126 cm³/mol. The molecule has 3 heterocycles. The van der Waals surface area contributed by atoms with E-state index in [1.807, 2.05) is 23.1 Å². The van der Waals surface area contributed by atoms with Gasteiger partial charge in [-0.2, -0.15) is 10.2 Å². The second-order valence-electron chi connectivity index (χ2n) is 7.07. The molecule has 0 amide bonds. The molecule has 1 unspecified atom stereocenters. The van der Waals surface area contributed by atoms with E-state index in [2.05, 4.69) is 79.2 Å². The van der Waals surface area contributed by atoms with E-state index in [1.54, 1.807) is 0 Å². The first-order chi connectivity index (χ1) is 13.6. The Kier molecular flexibility index (Phi) is 7.14. The number of aromatic nitrogens is 4. The summed E-state index contributed by atoms with van der Waals surface area (Å²) in [5.41, 5.74) is 4.69. The molecule has 29 heavy (non-hydrogen) atoms. The van der Waals surface area contributed by atoms with Gasteiger partial charge in [0.15, 0.2) is 6.23 Å². The lowest BCUT2D eigenvalue weighted by Gasteiger charge is -2.23. The number of aryl methyl sites for hydroxylation is 2. The molecule has 2 aromatic heterocycles. The molecule has 1 aliphatic heterocycles. The fraction of sp³-hybridized carbons (Fsp3) is 0.364. The second-order valence-corrected chi connectivity index (χ2v) is 8.65. The summed E-state index contributed by atoms with van der Waals surface area (Å²) in [6.45, 7) is 5.01. The fourth-order valence-corrected chi connectivity index (χ4v) is 4.32. The molecule has 0 radical (unpaired) electrons. The summed E-state index contributed by atoms with van der Waals surface area (Å²) in [6, 6.07) is 8.33. The van der Waals surface area contributed by atoms with Crippen molar-refractivity contribution in [1.82, 2.24) is 20.0 Å². The van der Waals surface area contributed by atoms with Crippen LogP contribution in [0.1, 0.15) is 44.0 Å². The van der Waals surface area contributed by atoms with Crippen molar-refractivity contribution >= 4 is 53.7 Å². The zero-order valence-electron chi connectivity index (χ0n) is 15.9. The van der Waals surface area contributed by atoms with Crippen LogP contribution in [0.15, 0.2) is 45.6 Å². The van der Waals surface area contributed by atoms with Crippen molar-refractivity contribution < 1.29 is 4.74 Å². The van der Waals surface area contributed by atoms with Gasteiger partial charge in [0.2, 0.25) is 0 Å². The van der Waals surface area contributed by atoms with E-state index in [0.29, 0.717) is 0 Å². The highest BCUT2D eigenvalue weighted by Crippen LogP contribution is 2.31. The normalized spacial score (nSPS) is 16.3. The molecule has 4 aromatic rings. The van der Waals surface area contributed by atoms with Crippen LogP contribution in [0, 0.1) is 13.8 Å². The first-order valence-corrected chi connectivity index (χ1v) is 11.0. The van der Waals surface area contributed by atoms with Gasteiger partial charge in [0.25, 0.3) is 0 Å². The second kappa shape index (κ2) is 9.41. The van der Waals surface area contributed by atoms with Crippen LogP contribution in [0.25, 0.3) is 21.8 Å². The largest absolute Gasteiger partial charge is 0.356 e. The number of aromatic amines is 1. The first-order valence-electron chi connectivity index (χ1n) is 9.38. The third-order valence-electron chi connectivity index (χ3n) is 5.09. The van der Waals surface area contributed by atoms with E-state index in [-0.39, 0.29) is 13.7 Å². The minimum Gasteiger partial charge on any atom is -0.356 e. The lowest BCUT2D eigenvalue weighted by Crippen LogP contribution is -2.18. The van der Waals surface area contributed by atoms with Gasteiger partial charge in [-0.15, -0.1) is 0 Å². The Bertz CT molecular complexity index is 1110. The number of hydrogen-bond donors (Lipinski definition) is 1. The van der Waals surface area contributed by atoms with Crippen molar-refractivity contribution in [3.05, 3.63) is 56.7 Å². The lowest BCUT2D eigenvalue weighted by molar-refractivity contribution is -0.0366. The maximum Gasteiger partial charge on any atom is 0.150 e. The SMILES string of the molecule is C.Cc1ccc2[nH]ncc2c1Br.Cc1ccc2c(cnn2C2CCCCO2)c1Br. The predicted octanol–water partition coefficient (Wildman–Crippen LogP) is 7.08. The molecule has 1 N–H and O–H groups in total. The molecule has 7 heteroatoms. The number of H-pyrrole nitrogens is 1. The van der Waals surface area contributed by atoms with E-state index < -0.39 is 0 Å². The standard InChI is InChI=1S/C13H15BrN2O.C8H7BrN2.CH4/c1-9-5-6-11-10(13(9)14)8-15-16(11)12-4-2-3-7-17-12;1-5-2-3-7-6(8(5)9)4-10-11-7;/h5-6,8,12H,2-4,7H2,1H3;2-4H,1H3,(H,10,11);1H4. The minimum atomic E-state index is 0. The molecule has 1 atom stereocenters. The highest BCUT2D eigenvalue weighted by atomic mass is 79.9. The van der Waals surface area contributed by atoms with Crippen molar-refractivity contribution in [2.45, 2.75) is 46.8 Å². The molecule has 1 fully saturated rings. The number of nitrogens with zero attached hydrogens (tertiary/aromatic N) is 3. The molecule has 0 bridgehead atoms. The first kappa shape index (κ1) is 22.0. The van der Waals surface area contributed by atoms with Gasteiger partial charge in [-0.05, 0) is 88.2 Å². The topological polar surface area (TPSA) is 55.7 Å². The Morgan fingerprint density at radius 2 is 1.72 bits per heavy atom. The van der Waals surface area contributed by atoms with Gasteiger partial charge in [-0.3, -0.25) is 5.10 Å². The quantitative estimate of drug-likeness (QED) is 0.291. The highest BCUT2D eigenvalue weighted by molar-refractivity contribution is 9.11. The van der Waals surface area contributed by atoms with Crippen LogP contribution in [0.5, 0.6) is 0 Å². The molecule has 5 rings (SSSR count). The Balaban J connectivity index is 0.000000174. The Morgan fingerprint density at radius 3 is 2.45 bits per heavy atom. The van der Waals surface area contributed by atoms with Crippen molar-refractivity contribution in [2.75, 3.05) is 6.61 Å². The van der Waals surface area contributed by atoms with Gasteiger partial charge in [0.05, 0.1) is 23.4 Å². The monoisotopic (exact) mass is 520 g/mol. The third-order valence-corrected chi connectivity index (χ3v) is 7.19. The fourth-order valence-electron chi connectivity index (χ4n) is 3.43. The zero-order chi connectivity index (χ0) is 19.7. The molecule has 2 aromatic carbocycles. The maximum atomic E-state index is 5.79. The number of nitrogens with one attached hydrogen (secondary N) is 1. The summed E-state index contributed by atoms with van der Waals surface area (Å²) >= 11 is 7.12. The molecule has 5 nitrogen and oxygen atoms in total. The summed E-state index contributed by atoms with van der Waals surface area (Å²) in [6.07, 6.45) is 7.30. The Morgan fingerprint density at radius 1 is 1.00 bits per heavy atom. The van der Waals surface area contributed by atoms with Gasteiger partial charge in [-0.25, -0.2) is 4.68 Å². The number of hydrogen-bond acceptors (Lipinski definition) is 3. The molecular weight excluding hydrogens is 496 g/mol. The molecular formula is C22H26Br2N4O. The number of benzene rings is 2. The van der Waals surface area contributed by atoms with Gasteiger partial charge in [-0.1, -0.05) is 19.6 Å². The van der Waals surface area contributed by atoms with Crippen LogP contribution in [-0.4, -0.2) is 26.6 Å². The van der Waals surface area contributed by atoms with Crippen LogP contribution in [0.4, 0.5) is 0 Å². The van der Waals surface area contributed by atoms with Crippen molar-refractivity contribution in [2.24, 2.45) is 0 Å². The number of rotatable bonds is 1. The van der Waals surface area contributed by atoms with Gasteiger partial charge in [0.1, 0.15) is 0 Å². The number of fused-ring (bicyclic) bond motifs is 2. The third kappa shape index (κ3) is 4.42. The molecule has 0 saturated carbocycles. The van der Waals surface area contributed by atoms with Gasteiger partial charge >= 0.3 is 0 Å². The minimum absolute atomic E-state index is 0. The Labute approximate surface area is 188 Å². The number of halogens is 2. The summed E-state index contributed by atoms with van der Waals surface area (Å²) in [5.74, 6) is 0. The van der Waals surface area contributed by atoms with Crippen LogP contribution in [-0.2, 0) is 4.74 Å². The highest BCUT2D eigenvalue weighted by Gasteiger charge is 2.19. The molecule has 1 aliphatic rings. The Hall–Kier alpha value is -1.70. The molecule has 0 aliphatic carbocycles. The average Bonchev–Trinajstić information content (AvgIpc) is 3.36. The van der Waals surface area contributed by atoms with Gasteiger partial charge < -0.3 is 4.74 Å². The maximum absolute atomic E-state index is 5.79. The molecule has 154 valence electrons. The van der Waals surface area contributed by atoms with E-state index in [0.717, 1.165) is 38.4 Å². The lowest BCUT2D eigenvalue weighted by atomic mass is 10.1. The van der Waals surface area contributed by atoms with E-state index in [9.17, 15) is 0 Å². The summed E-state index contributed by atoms with van der Waals surface area (Å²) in [5, 5.41) is 13.6. The molecule has 0 spiro atoms. The smallest absolute Gasteiger partial charge is 0.150 e. The van der Waals surface area contributed by atoms with Crippen molar-refractivity contribution in [3.63, 3.8) is 0 Å². The summed E-state index contributed by atoms with van der Waals surface area (Å²) in [4.78, 5) is 0. The van der Waals surface area contributed by atoms with E-state index in [4.69, 9.17) is 4.74 Å². The summed E-state index contributed by atoms with van der Waals surface area (Å²) < 4.78 is 10.1. The average molecular weight is 522 g/mol. The van der Waals surface area contributed by atoms with E-state index in [1.165, 1.54) is 29.4 Å². The summed E-state index contributed by atoms with van der Waals surface area (Å²) in [7, 11) is 0. The van der Waals surface area contributed by atoms with Crippen LogP contribution >= 0.6 is 31.9 Å². The van der Waals surface area contributed by atoms with Crippen LogP contribution in [0.3, 0.4) is 0 Å². The zero-order valence-corrected chi connectivity index (χ0v) is 19.0. The van der Waals surface area contributed by atoms with Crippen LogP contribution in [0.2, 0.25) is 0 Å². The van der Waals surface area contributed by atoms with Crippen LogP contribution < -0.4 is 0 Å².